The summed E-state index contributed by atoms with van der Waals surface area (Å²) in [4.78, 5) is 13.5. The van der Waals surface area contributed by atoms with Crippen LogP contribution in [0.1, 0.15) is 67.6 Å². The van der Waals surface area contributed by atoms with Crippen LogP contribution >= 0.6 is 0 Å². The summed E-state index contributed by atoms with van der Waals surface area (Å²) in [6.45, 7) is 6.37. The fourth-order valence-electron chi connectivity index (χ4n) is 5.91. The SMILES string of the molecule is CCOc1cc2c(cc1C(=O)NCCCCCNS(=O)(=O)c1cccc3ccccc13)c1c(n2CC)CCCC1. The van der Waals surface area contributed by atoms with Gasteiger partial charge >= 0.3 is 0 Å². The van der Waals surface area contributed by atoms with E-state index >= 15 is 0 Å². The van der Waals surface area contributed by atoms with Gasteiger partial charge in [-0.3, -0.25) is 4.79 Å². The maximum Gasteiger partial charge on any atom is 0.255 e. The Kier molecular flexibility index (Phi) is 8.76. The third-order valence-electron chi connectivity index (χ3n) is 7.81. The molecule has 0 aliphatic heterocycles. The maximum atomic E-state index is 13.2. The number of rotatable bonds is 12. The number of amides is 1. The summed E-state index contributed by atoms with van der Waals surface area (Å²) in [5.41, 5.74) is 4.52. The number of ether oxygens (including phenoxy) is 1. The molecule has 0 unspecified atom stereocenters. The van der Waals surface area contributed by atoms with Gasteiger partial charge in [0.1, 0.15) is 5.75 Å². The fraction of sp³-hybridized carbons (Fsp3) is 0.406. The van der Waals surface area contributed by atoms with Crippen molar-refractivity contribution in [2.45, 2.75) is 70.2 Å². The zero-order valence-electron chi connectivity index (χ0n) is 23.5. The topological polar surface area (TPSA) is 89.4 Å². The molecular formula is C32H39N3O4S. The standard InChI is InChI=1S/C32H39N3O4S/c1-3-35-28-17-9-8-16-25(28)26-21-27(30(39-4-2)22-29(26)35)32(36)33-19-10-5-11-20-34-40(37,38)31-18-12-14-23-13-6-7-15-24(23)31/h6-7,12-15,18,21-22,34H,3-5,8-11,16-17,19-20H2,1-2H3,(H,33,36). The molecule has 0 radical (unpaired) electrons. The van der Waals surface area contributed by atoms with E-state index in [0.29, 0.717) is 42.3 Å². The number of sulfonamides is 1. The first-order chi connectivity index (χ1) is 19.4. The minimum absolute atomic E-state index is 0.129. The number of hydrogen-bond acceptors (Lipinski definition) is 4. The zero-order valence-corrected chi connectivity index (χ0v) is 24.3. The van der Waals surface area contributed by atoms with E-state index in [1.807, 2.05) is 49.4 Å². The highest BCUT2D eigenvalue weighted by atomic mass is 32.2. The van der Waals surface area contributed by atoms with Gasteiger partial charge in [0.2, 0.25) is 10.0 Å². The Labute approximate surface area is 237 Å². The predicted molar refractivity (Wildman–Crippen MR) is 161 cm³/mol. The van der Waals surface area contributed by atoms with Gasteiger partial charge in [-0.2, -0.15) is 0 Å². The third-order valence-corrected chi connectivity index (χ3v) is 9.33. The largest absolute Gasteiger partial charge is 0.493 e. The molecule has 2 N–H and O–H groups in total. The van der Waals surface area contributed by atoms with E-state index in [1.165, 1.54) is 29.5 Å². The molecule has 1 aliphatic rings. The number of aryl methyl sites for hydroxylation is 2. The van der Waals surface area contributed by atoms with Crippen LogP contribution in [0.5, 0.6) is 5.75 Å². The van der Waals surface area contributed by atoms with E-state index in [4.69, 9.17) is 4.74 Å². The normalized spacial score (nSPS) is 13.4. The van der Waals surface area contributed by atoms with Crippen LogP contribution in [-0.4, -0.2) is 38.6 Å². The molecule has 0 spiro atoms. The molecule has 0 saturated heterocycles. The average molecular weight is 562 g/mol. The van der Waals surface area contributed by atoms with Crippen molar-refractivity contribution in [3.63, 3.8) is 0 Å². The van der Waals surface area contributed by atoms with Crippen LogP contribution in [0.3, 0.4) is 0 Å². The number of fused-ring (bicyclic) bond motifs is 4. The molecule has 0 atom stereocenters. The summed E-state index contributed by atoms with van der Waals surface area (Å²) in [7, 11) is -3.60. The number of hydrogen-bond donors (Lipinski definition) is 2. The number of aromatic nitrogens is 1. The van der Waals surface area contributed by atoms with Crippen molar-refractivity contribution < 1.29 is 17.9 Å². The summed E-state index contributed by atoms with van der Waals surface area (Å²) >= 11 is 0. The second-order valence-corrected chi connectivity index (χ2v) is 12.1. The number of nitrogens with one attached hydrogen (secondary N) is 2. The molecule has 1 amide bonds. The van der Waals surface area contributed by atoms with Gasteiger partial charge in [-0.1, -0.05) is 42.8 Å². The van der Waals surface area contributed by atoms with Gasteiger partial charge in [-0.05, 0) is 75.5 Å². The highest BCUT2D eigenvalue weighted by Crippen LogP contribution is 2.36. The molecule has 5 rings (SSSR count). The Morgan fingerprint density at radius 1 is 0.925 bits per heavy atom. The van der Waals surface area contributed by atoms with Crippen LogP contribution < -0.4 is 14.8 Å². The van der Waals surface area contributed by atoms with Crippen LogP contribution in [-0.2, 0) is 29.4 Å². The molecule has 7 nitrogen and oxygen atoms in total. The van der Waals surface area contributed by atoms with Gasteiger partial charge in [-0.25, -0.2) is 13.1 Å². The minimum Gasteiger partial charge on any atom is -0.493 e. The summed E-state index contributed by atoms with van der Waals surface area (Å²) in [6, 6.07) is 16.9. The number of nitrogens with zero attached hydrogens (tertiary/aromatic N) is 1. The molecule has 0 bridgehead atoms. The lowest BCUT2D eigenvalue weighted by Gasteiger charge is -2.14. The monoisotopic (exact) mass is 561 g/mol. The molecule has 0 fully saturated rings. The summed E-state index contributed by atoms with van der Waals surface area (Å²) in [5, 5.41) is 5.84. The van der Waals surface area contributed by atoms with Crippen molar-refractivity contribution in [3.05, 3.63) is 71.4 Å². The lowest BCUT2D eigenvalue weighted by atomic mass is 9.95. The van der Waals surface area contributed by atoms with Crippen LogP contribution in [0, 0.1) is 0 Å². The van der Waals surface area contributed by atoms with Crippen LogP contribution in [0.15, 0.2) is 59.5 Å². The Morgan fingerprint density at radius 2 is 1.70 bits per heavy atom. The molecule has 1 aliphatic carbocycles. The lowest BCUT2D eigenvalue weighted by Crippen LogP contribution is -2.26. The third kappa shape index (κ3) is 5.74. The van der Waals surface area contributed by atoms with Crippen molar-refractivity contribution >= 4 is 37.6 Å². The minimum atomic E-state index is -3.60. The van der Waals surface area contributed by atoms with Crippen molar-refractivity contribution in [2.75, 3.05) is 19.7 Å². The number of carbonyl (C=O) groups excluding carboxylic acids is 1. The Morgan fingerprint density at radius 3 is 2.52 bits per heavy atom. The smallest absolute Gasteiger partial charge is 0.255 e. The van der Waals surface area contributed by atoms with Gasteiger partial charge in [0.15, 0.2) is 0 Å². The molecule has 212 valence electrons. The first-order valence-electron chi connectivity index (χ1n) is 14.5. The van der Waals surface area contributed by atoms with Gasteiger partial charge in [0.25, 0.3) is 5.91 Å². The summed E-state index contributed by atoms with van der Waals surface area (Å²) < 4.78 is 36.8. The van der Waals surface area contributed by atoms with E-state index in [-0.39, 0.29) is 5.91 Å². The first-order valence-corrected chi connectivity index (χ1v) is 16.0. The maximum absolute atomic E-state index is 13.2. The van der Waals surface area contributed by atoms with Gasteiger partial charge in [0.05, 0.1) is 22.6 Å². The number of carbonyl (C=O) groups is 1. The molecule has 1 heterocycles. The Bertz CT molecular complexity index is 1620. The first kappa shape index (κ1) is 28.2. The van der Waals surface area contributed by atoms with E-state index in [2.05, 4.69) is 21.5 Å². The van der Waals surface area contributed by atoms with Gasteiger partial charge in [-0.15, -0.1) is 0 Å². The number of unbranched alkanes of at least 4 members (excludes halogenated alkanes) is 2. The lowest BCUT2D eigenvalue weighted by molar-refractivity contribution is 0.0949. The van der Waals surface area contributed by atoms with Crippen LogP contribution in [0.25, 0.3) is 21.7 Å². The molecule has 0 saturated carbocycles. The predicted octanol–water partition coefficient (Wildman–Crippen LogP) is 5.97. The van der Waals surface area contributed by atoms with E-state index < -0.39 is 10.0 Å². The molecule has 3 aromatic carbocycles. The van der Waals surface area contributed by atoms with Crippen molar-refractivity contribution in [1.82, 2.24) is 14.6 Å². The molecule has 40 heavy (non-hydrogen) atoms. The Hall–Kier alpha value is -3.36. The molecule has 1 aromatic heterocycles. The Balaban J connectivity index is 1.16. The summed E-state index contributed by atoms with van der Waals surface area (Å²) in [5.74, 6) is 0.496. The van der Waals surface area contributed by atoms with Crippen LogP contribution in [0.2, 0.25) is 0 Å². The second kappa shape index (κ2) is 12.4. The quantitative estimate of drug-likeness (QED) is 0.209. The van der Waals surface area contributed by atoms with Gasteiger partial charge < -0.3 is 14.6 Å². The van der Waals surface area contributed by atoms with E-state index in [9.17, 15) is 13.2 Å². The highest BCUT2D eigenvalue weighted by Gasteiger charge is 2.23. The highest BCUT2D eigenvalue weighted by molar-refractivity contribution is 7.89. The van der Waals surface area contributed by atoms with Crippen molar-refractivity contribution in [3.8, 4) is 5.75 Å². The summed E-state index contributed by atoms with van der Waals surface area (Å²) in [6.07, 6.45) is 6.77. The molecule has 8 heteroatoms. The number of benzene rings is 3. The zero-order chi connectivity index (χ0) is 28.1. The molecular weight excluding hydrogens is 522 g/mol. The average Bonchev–Trinajstić information content (AvgIpc) is 3.28. The van der Waals surface area contributed by atoms with Gasteiger partial charge in [0, 0.05) is 42.2 Å². The van der Waals surface area contributed by atoms with E-state index in [0.717, 1.165) is 48.5 Å². The van der Waals surface area contributed by atoms with Crippen molar-refractivity contribution in [1.29, 1.82) is 0 Å². The van der Waals surface area contributed by atoms with Crippen molar-refractivity contribution in [2.24, 2.45) is 0 Å². The molecule has 4 aromatic rings. The van der Waals surface area contributed by atoms with Crippen LogP contribution in [0.4, 0.5) is 0 Å². The van der Waals surface area contributed by atoms with E-state index in [1.54, 1.807) is 12.1 Å². The second-order valence-electron chi connectivity index (χ2n) is 10.4. The fourth-order valence-corrected chi connectivity index (χ4v) is 7.21.